The molecule has 1 amide bonds. The minimum atomic E-state index is -0.0247. The number of ether oxygens (including phenoxy) is 4. The van der Waals surface area contributed by atoms with E-state index >= 15 is 0 Å². The number of carbonyl (C=O) groups excluding carboxylic acids is 1. The van der Waals surface area contributed by atoms with Gasteiger partial charge in [-0.1, -0.05) is 17.4 Å². The SMILES string of the molecule is COc1cccc(OCC(=O)N2CCC(Oc3nc4ccc(OC)cc4s3)CC2)c1. The molecule has 0 bridgehead atoms. The molecule has 0 radical (unpaired) electrons. The predicted molar refractivity (Wildman–Crippen MR) is 115 cm³/mol. The van der Waals surface area contributed by atoms with Gasteiger partial charge >= 0.3 is 0 Å². The summed E-state index contributed by atoms with van der Waals surface area (Å²) in [6.07, 6.45) is 1.59. The number of benzene rings is 2. The van der Waals surface area contributed by atoms with Crippen LogP contribution in [0.15, 0.2) is 42.5 Å². The van der Waals surface area contributed by atoms with Crippen LogP contribution in [-0.2, 0) is 4.79 Å². The monoisotopic (exact) mass is 428 g/mol. The minimum Gasteiger partial charge on any atom is -0.497 e. The second-order valence-corrected chi connectivity index (χ2v) is 7.97. The lowest BCUT2D eigenvalue weighted by atomic mass is 10.1. The van der Waals surface area contributed by atoms with E-state index in [1.54, 1.807) is 20.3 Å². The van der Waals surface area contributed by atoms with Crippen molar-refractivity contribution in [2.75, 3.05) is 33.9 Å². The van der Waals surface area contributed by atoms with Crippen molar-refractivity contribution in [3.63, 3.8) is 0 Å². The highest BCUT2D eigenvalue weighted by Crippen LogP contribution is 2.32. The quantitative estimate of drug-likeness (QED) is 0.571. The Balaban J connectivity index is 1.26. The molecule has 0 N–H and O–H groups in total. The summed E-state index contributed by atoms with van der Waals surface area (Å²) in [5, 5.41) is 0.657. The molecule has 0 atom stereocenters. The summed E-state index contributed by atoms with van der Waals surface area (Å²) in [6, 6.07) is 13.0. The molecule has 8 heteroatoms. The van der Waals surface area contributed by atoms with Gasteiger partial charge in [-0.15, -0.1) is 0 Å². The van der Waals surface area contributed by atoms with Gasteiger partial charge in [0.05, 0.1) is 24.4 Å². The number of rotatable bonds is 7. The summed E-state index contributed by atoms with van der Waals surface area (Å²) in [5.41, 5.74) is 0.901. The molecule has 7 nitrogen and oxygen atoms in total. The van der Waals surface area contributed by atoms with Gasteiger partial charge in [0, 0.05) is 32.0 Å². The predicted octanol–water partition coefficient (Wildman–Crippen LogP) is 3.76. The fraction of sp³-hybridized carbons (Fsp3) is 0.364. The molecule has 1 aromatic heterocycles. The molecule has 2 aromatic carbocycles. The Kier molecular flexibility index (Phi) is 6.23. The Bertz CT molecular complexity index is 1010. The molecule has 1 fully saturated rings. The maximum absolute atomic E-state index is 12.5. The lowest BCUT2D eigenvalue weighted by Crippen LogP contribution is -2.43. The van der Waals surface area contributed by atoms with Crippen molar-refractivity contribution in [2.45, 2.75) is 18.9 Å². The Morgan fingerprint density at radius 2 is 1.80 bits per heavy atom. The number of fused-ring (bicyclic) bond motifs is 1. The van der Waals surface area contributed by atoms with Gasteiger partial charge in [-0.05, 0) is 30.3 Å². The van der Waals surface area contributed by atoms with E-state index in [9.17, 15) is 4.79 Å². The highest BCUT2D eigenvalue weighted by atomic mass is 32.1. The van der Waals surface area contributed by atoms with Crippen LogP contribution in [0.25, 0.3) is 10.2 Å². The topological polar surface area (TPSA) is 70.1 Å². The van der Waals surface area contributed by atoms with E-state index in [0.717, 1.165) is 28.8 Å². The number of methoxy groups -OCH3 is 2. The summed E-state index contributed by atoms with van der Waals surface area (Å²) in [6.45, 7) is 1.30. The highest BCUT2D eigenvalue weighted by molar-refractivity contribution is 7.20. The smallest absolute Gasteiger partial charge is 0.274 e. The van der Waals surface area contributed by atoms with Crippen molar-refractivity contribution in [1.82, 2.24) is 9.88 Å². The molecule has 0 aliphatic carbocycles. The molecule has 1 aliphatic rings. The molecule has 1 saturated heterocycles. The summed E-state index contributed by atoms with van der Waals surface area (Å²) >= 11 is 1.51. The molecule has 30 heavy (non-hydrogen) atoms. The van der Waals surface area contributed by atoms with E-state index in [2.05, 4.69) is 4.98 Å². The lowest BCUT2D eigenvalue weighted by Gasteiger charge is -2.31. The summed E-state index contributed by atoms with van der Waals surface area (Å²) in [7, 11) is 3.25. The van der Waals surface area contributed by atoms with Crippen molar-refractivity contribution >= 4 is 27.5 Å². The van der Waals surface area contributed by atoms with Gasteiger partial charge in [-0.25, -0.2) is 4.98 Å². The Labute approximate surface area is 179 Å². The van der Waals surface area contributed by atoms with Gasteiger partial charge in [0.2, 0.25) is 0 Å². The molecule has 0 spiro atoms. The fourth-order valence-electron chi connectivity index (χ4n) is 3.35. The lowest BCUT2D eigenvalue weighted by molar-refractivity contribution is -0.135. The van der Waals surface area contributed by atoms with Crippen molar-refractivity contribution in [3.8, 4) is 22.4 Å². The molecule has 1 aliphatic heterocycles. The van der Waals surface area contributed by atoms with Crippen molar-refractivity contribution < 1.29 is 23.7 Å². The zero-order valence-electron chi connectivity index (χ0n) is 17.0. The Morgan fingerprint density at radius 1 is 1.07 bits per heavy atom. The maximum atomic E-state index is 12.5. The van der Waals surface area contributed by atoms with Crippen LogP contribution in [0.3, 0.4) is 0 Å². The molecule has 2 heterocycles. The fourth-order valence-corrected chi connectivity index (χ4v) is 4.26. The van der Waals surface area contributed by atoms with E-state index in [1.165, 1.54) is 11.3 Å². The molecule has 0 saturated carbocycles. The first-order chi connectivity index (χ1) is 14.6. The van der Waals surface area contributed by atoms with Crippen LogP contribution in [0.2, 0.25) is 0 Å². The van der Waals surface area contributed by atoms with Gasteiger partial charge in [0.25, 0.3) is 11.1 Å². The number of nitrogens with zero attached hydrogens (tertiary/aromatic N) is 2. The van der Waals surface area contributed by atoms with Crippen LogP contribution < -0.4 is 18.9 Å². The molecular weight excluding hydrogens is 404 g/mol. The van der Waals surface area contributed by atoms with Crippen molar-refractivity contribution in [2.24, 2.45) is 0 Å². The molecule has 0 unspecified atom stereocenters. The summed E-state index contributed by atoms with van der Waals surface area (Å²) in [5.74, 6) is 2.10. The largest absolute Gasteiger partial charge is 0.497 e. The van der Waals surface area contributed by atoms with Crippen LogP contribution in [-0.4, -0.2) is 55.8 Å². The van der Waals surface area contributed by atoms with Gasteiger partial charge in [-0.2, -0.15) is 0 Å². The first kappa shape index (κ1) is 20.3. The third-order valence-electron chi connectivity index (χ3n) is 5.04. The number of hydrogen-bond acceptors (Lipinski definition) is 7. The third kappa shape index (κ3) is 4.76. The standard InChI is InChI=1S/C22H24N2O5S/c1-26-16-4-3-5-18(12-16)28-14-21(25)24-10-8-15(9-11-24)29-22-23-19-7-6-17(27-2)13-20(19)30-22/h3-7,12-13,15H,8-11,14H2,1-2H3. The summed E-state index contributed by atoms with van der Waals surface area (Å²) in [4.78, 5) is 18.8. The average Bonchev–Trinajstić information content (AvgIpc) is 3.19. The number of aromatic nitrogens is 1. The van der Waals surface area contributed by atoms with Crippen molar-refractivity contribution in [3.05, 3.63) is 42.5 Å². The van der Waals surface area contributed by atoms with E-state index in [1.807, 2.05) is 41.3 Å². The van der Waals surface area contributed by atoms with Crippen LogP contribution in [0, 0.1) is 0 Å². The van der Waals surface area contributed by atoms with E-state index in [-0.39, 0.29) is 18.6 Å². The second kappa shape index (κ2) is 9.21. The van der Waals surface area contributed by atoms with Gasteiger partial charge in [0.15, 0.2) is 6.61 Å². The van der Waals surface area contributed by atoms with E-state index < -0.39 is 0 Å². The number of thiazole rings is 1. The van der Waals surface area contributed by atoms with Crippen molar-refractivity contribution in [1.29, 1.82) is 0 Å². The van der Waals surface area contributed by atoms with Crippen LogP contribution in [0.5, 0.6) is 22.4 Å². The number of amides is 1. The molecule has 158 valence electrons. The Morgan fingerprint density at radius 3 is 2.57 bits per heavy atom. The average molecular weight is 429 g/mol. The molecular formula is C22H24N2O5S. The highest BCUT2D eigenvalue weighted by Gasteiger charge is 2.25. The first-order valence-electron chi connectivity index (χ1n) is 9.80. The van der Waals surface area contributed by atoms with Gasteiger partial charge < -0.3 is 23.8 Å². The maximum Gasteiger partial charge on any atom is 0.274 e. The normalized spacial score (nSPS) is 14.5. The second-order valence-electron chi connectivity index (χ2n) is 6.98. The molecule has 4 rings (SSSR count). The zero-order chi connectivity index (χ0) is 20.9. The first-order valence-corrected chi connectivity index (χ1v) is 10.6. The number of carbonyl (C=O) groups is 1. The third-order valence-corrected chi connectivity index (χ3v) is 5.95. The van der Waals surface area contributed by atoms with Gasteiger partial charge in [-0.3, -0.25) is 4.79 Å². The number of hydrogen-bond donors (Lipinski definition) is 0. The van der Waals surface area contributed by atoms with E-state index in [4.69, 9.17) is 18.9 Å². The molecule has 3 aromatic rings. The minimum absolute atomic E-state index is 0.0123. The summed E-state index contributed by atoms with van der Waals surface area (Å²) < 4.78 is 23.2. The Hall–Kier alpha value is -3.00. The van der Waals surface area contributed by atoms with Crippen LogP contribution in [0.1, 0.15) is 12.8 Å². The zero-order valence-corrected chi connectivity index (χ0v) is 17.8. The van der Waals surface area contributed by atoms with Crippen LogP contribution in [0.4, 0.5) is 0 Å². The van der Waals surface area contributed by atoms with Gasteiger partial charge in [0.1, 0.15) is 23.4 Å². The number of likely N-dealkylation sites (tertiary alicyclic amines) is 1. The van der Waals surface area contributed by atoms with Crippen LogP contribution >= 0.6 is 11.3 Å². The van der Waals surface area contributed by atoms with E-state index in [0.29, 0.717) is 29.8 Å². The number of piperidine rings is 1.